The van der Waals surface area contributed by atoms with Crippen molar-refractivity contribution >= 4 is 13.6 Å². The van der Waals surface area contributed by atoms with Gasteiger partial charge in [0.1, 0.15) is 24.1 Å². The molecular weight excluding hydrogens is 357 g/mol. The van der Waals surface area contributed by atoms with Gasteiger partial charge in [-0.2, -0.15) is 4.98 Å². The van der Waals surface area contributed by atoms with Crippen molar-refractivity contribution in [2.75, 3.05) is 12.3 Å². The average Bonchev–Trinajstić information content (AvgIpc) is 2.80. The summed E-state index contributed by atoms with van der Waals surface area (Å²) in [4.78, 5) is 36.8. The van der Waals surface area contributed by atoms with Crippen LogP contribution in [-0.4, -0.2) is 44.7 Å². The zero-order valence-electron chi connectivity index (χ0n) is 13.5. The topological polar surface area (TPSA) is 183 Å². The second-order valence-electron chi connectivity index (χ2n) is 5.73. The molecule has 0 radical (unpaired) electrons. The van der Waals surface area contributed by atoms with Crippen molar-refractivity contribution in [3.8, 4) is 0 Å². The van der Waals surface area contributed by atoms with Gasteiger partial charge in [-0.25, -0.2) is 4.79 Å². The average molecular weight is 377 g/mol. The molecule has 12 heteroatoms. The minimum Gasteiger partial charge on any atom is -0.790 e. The molecule has 4 atom stereocenters. The number of phosphoric acid groups is 1. The predicted molar refractivity (Wildman–Crippen MR) is 81.0 cm³/mol. The fourth-order valence-electron chi connectivity index (χ4n) is 2.53. The molecule has 25 heavy (non-hydrogen) atoms. The first-order chi connectivity index (χ1) is 11.6. The number of hydrogen-bond acceptors (Lipinski definition) is 10. The van der Waals surface area contributed by atoms with E-state index in [9.17, 15) is 29.4 Å². The maximum absolute atomic E-state index is 12.1. The molecule has 1 saturated heterocycles. The molecule has 2 rings (SSSR count). The van der Waals surface area contributed by atoms with Gasteiger partial charge >= 0.3 is 5.69 Å². The van der Waals surface area contributed by atoms with E-state index in [-0.39, 0.29) is 5.82 Å². The molecule has 4 N–H and O–H groups in total. The van der Waals surface area contributed by atoms with E-state index in [2.05, 4.69) is 9.51 Å². The quantitative estimate of drug-likeness (QED) is 0.434. The summed E-state index contributed by atoms with van der Waals surface area (Å²) in [5, 5.41) is 20.0. The second kappa shape index (κ2) is 7.92. The smallest absolute Gasteiger partial charge is 0.351 e. The van der Waals surface area contributed by atoms with Crippen LogP contribution >= 0.6 is 7.82 Å². The number of unbranched alkanes of at least 4 members (excludes halogenated alkanes) is 1. The van der Waals surface area contributed by atoms with Crippen LogP contribution in [0.5, 0.6) is 0 Å². The van der Waals surface area contributed by atoms with E-state index in [1.54, 1.807) is 0 Å². The Kier molecular flexibility index (Phi) is 6.33. The number of nitrogen functional groups attached to an aromatic ring is 1. The fraction of sp³-hybridized carbons (Fsp3) is 0.692. The van der Waals surface area contributed by atoms with Gasteiger partial charge in [0.2, 0.25) is 0 Å². The highest BCUT2D eigenvalue weighted by Crippen LogP contribution is 2.32. The van der Waals surface area contributed by atoms with Gasteiger partial charge in [0.15, 0.2) is 6.23 Å². The Morgan fingerprint density at radius 1 is 1.44 bits per heavy atom. The molecule has 1 aromatic heterocycles. The zero-order chi connectivity index (χ0) is 18.8. The summed E-state index contributed by atoms with van der Waals surface area (Å²) in [5.41, 5.74) is 5.50. The lowest BCUT2D eigenvalue weighted by atomic mass is 10.1. The minimum absolute atomic E-state index is 0.0706. The lowest BCUT2D eigenvalue weighted by Gasteiger charge is -2.30. The van der Waals surface area contributed by atoms with E-state index in [1.165, 1.54) is 6.20 Å². The molecule has 1 aliphatic rings. The number of aliphatic hydroxyl groups excluding tert-OH is 2. The number of aryl methyl sites for hydroxylation is 1. The van der Waals surface area contributed by atoms with E-state index in [1.807, 2.05) is 6.92 Å². The van der Waals surface area contributed by atoms with Crippen LogP contribution in [0.3, 0.4) is 0 Å². The Balaban J connectivity index is 2.23. The van der Waals surface area contributed by atoms with Crippen LogP contribution in [0.25, 0.3) is 0 Å². The number of nitrogens with two attached hydrogens (primary N) is 1. The highest BCUT2D eigenvalue weighted by molar-refractivity contribution is 7.43. The van der Waals surface area contributed by atoms with Crippen molar-refractivity contribution in [3.05, 3.63) is 22.2 Å². The van der Waals surface area contributed by atoms with Gasteiger partial charge in [0.05, 0.1) is 14.4 Å². The standard InChI is InChI=1S/C13H22N3O8P/c1-2-3-4-7-5-16(13(19)15-11(7)14)12-10(18)9(17)8(24-12)6-23-25(20,21)22/h5,8-10,12,17-18H,2-4,6H2,1H3,(H2,14,15,19)(H2,20,21,22)/p-2. The molecule has 0 spiro atoms. The third-order valence-electron chi connectivity index (χ3n) is 3.87. The summed E-state index contributed by atoms with van der Waals surface area (Å²) in [6, 6.07) is 0. The van der Waals surface area contributed by atoms with Crippen molar-refractivity contribution in [1.29, 1.82) is 0 Å². The molecule has 0 aromatic carbocycles. The normalized spacial score (nSPS) is 26.9. The number of aromatic nitrogens is 2. The lowest BCUT2D eigenvalue weighted by molar-refractivity contribution is -0.343. The number of aliphatic hydroxyl groups is 2. The summed E-state index contributed by atoms with van der Waals surface area (Å²) < 4.78 is 20.9. The van der Waals surface area contributed by atoms with Crippen molar-refractivity contribution in [2.45, 2.75) is 50.7 Å². The summed E-state index contributed by atoms with van der Waals surface area (Å²) in [6.45, 7) is 1.20. The number of nitrogens with zero attached hydrogens (tertiary/aromatic N) is 2. The monoisotopic (exact) mass is 377 g/mol. The predicted octanol–water partition coefficient (Wildman–Crippen LogP) is -2.37. The van der Waals surface area contributed by atoms with Crippen molar-refractivity contribution in [3.63, 3.8) is 0 Å². The summed E-state index contributed by atoms with van der Waals surface area (Å²) in [6.07, 6.45) is -2.08. The van der Waals surface area contributed by atoms with Crippen molar-refractivity contribution < 1.29 is 33.8 Å². The molecule has 1 aliphatic heterocycles. The van der Waals surface area contributed by atoms with Crippen LogP contribution in [0.4, 0.5) is 5.82 Å². The number of phosphoric ester groups is 1. The van der Waals surface area contributed by atoms with Gasteiger partial charge in [0, 0.05) is 11.8 Å². The van der Waals surface area contributed by atoms with E-state index < -0.39 is 44.7 Å². The first-order valence-electron chi connectivity index (χ1n) is 7.69. The number of anilines is 1. The van der Waals surface area contributed by atoms with Crippen LogP contribution in [0.2, 0.25) is 0 Å². The Bertz CT molecular complexity index is 705. The van der Waals surface area contributed by atoms with Gasteiger partial charge in [-0.05, 0) is 12.8 Å². The molecule has 0 bridgehead atoms. The fourth-order valence-corrected chi connectivity index (χ4v) is 2.85. The van der Waals surface area contributed by atoms with Gasteiger partial charge in [-0.1, -0.05) is 13.3 Å². The molecule has 4 unspecified atom stereocenters. The van der Waals surface area contributed by atoms with Crippen LogP contribution in [-0.2, 0) is 20.2 Å². The van der Waals surface area contributed by atoms with Crippen LogP contribution in [0, 0.1) is 0 Å². The molecular formula is C13H20N3O8P-2. The Hall–Kier alpha value is -1.33. The molecule has 0 saturated carbocycles. The van der Waals surface area contributed by atoms with Crippen LogP contribution in [0.15, 0.2) is 11.0 Å². The maximum Gasteiger partial charge on any atom is 0.351 e. The molecule has 0 aliphatic carbocycles. The van der Waals surface area contributed by atoms with E-state index in [0.717, 1.165) is 17.4 Å². The van der Waals surface area contributed by atoms with Crippen molar-refractivity contribution in [1.82, 2.24) is 9.55 Å². The van der Waals surface area contributed by atoms with Crippen molar-refractivity contribution in [2.24, 2.45) is 0 Å². The molecule has 1 aromatic rings. The summed E-state index contributed by atoms with van der Waals surface area (Å²) in [5.74, 6) is 0.0706. The SMILES string of the molecule is CCCCc1cn(C2OC(COP(=O)([O-])[O-])C(O)C2O)c(=O)nc1N. The Morgan fingerprint density at radius 2 is 2.12 bits per heavy atom. The van der Waals surface area contributed by atoms with Gasteiger partial charge in [0.25, 0.3) is 0 Å². The molecule has 142 valence electrons. The second-order valence-corrected chi connectivity index (χ2v) is 6.89. The lowest BCUT2D eigenvalue weighted by Crippen LogP contribution is -2.36. The number of rotatable bonds is 7. The molecule has 11 nitrogen and oxygen atoms in total. The largest absolute Gasteiger partial charge is 0.790 e. The van der Waals surface area contributed by atoms with Gasteiger partial charge in [-0.3, -0.25) is 4.57 Å². The van der Waals surface area contributed by atoms with Gasteiger partial charge < -0.3 is 39.6 Å². The third-order valence-corrected chi connectivity index (χ3v) is 4.33. The highest BCUT2D eigenvalue weighted by Gasteiger charge is 2.44. The van der Waals surface area contributed by atoms with Crippen LogP contribution in [0.1, 0.15) is 31.6 Å². The Labute approximate surface area is 143 Å². The van der Waals surface area contributed by atoms with E-state index in [4.69, 9.17) is 10.5 Å². The molecule has 0 amide bonds. The van der Waals surface area contributed by atoms with Gasteiger partial charge in [-0.15, -0.1) is 0 Å². The number of ether oxygens (including phenoxy) is 1. The highest BCUT2D eigenvalue weighted by atomic mass is 31.2. The zero-order valence-corrected chi connectivity index (χ0v) is 14.4. The first-order valence-corrected chi connectivity index (χ1v) is 9.15. The summed E-state index contributed by atoms with van der Waals surface area (Å²) in [7, 11) is -5.26. The third kappa shape index (κ3) is 4.85. The Morgan fingerprint density at radius 3 is 2.72 bits per heavy atom. The maximum atomic E-state index is 12.1. The molecule has 1 fully saturated rings. The van der Waals surface area contributed by atoms with E-state index in [0.29, 0.717) is 12.0 Å². The molecule has 2 heterocycles. The first kappa shape index (κ1) is 20.0. The number of hydrogen-bond donors (Lipinski definition) is 3. The van der Waals surface area contributed by atoms with E-state index >= 15 is 0 Å². The summed E-state index contributed by atoms with van der Waals surface area (Å²) >= 11 is 0. The minimum atomic E-state index is -5.26. The van der Waals surface area contributed by atoms with Crippen LogP contribution < -0.4 is 21.2 Å².